The lowest BCUT2D eigenvalue weighted by atomic mass is 10.1. The first-order valence-electron chi connectivity index (χ1n) is 12.0. The van der Waals surface area contributed by atoms with E-state index >= 15 is 0 Å². The molecule has 1 aliphatic heterocycles. The number of hydroxylamine groups is 1. The molecule has 2 atom stereocenters. The summed E-state index contributed by atoms with van der Waals surface area (Å²) in [5, 5.41) is 23.6. The summed E-state index contributed by atoms with van der Waals surface area (Å²) in [5.41, 5.74) is 3.79. The second kappa shape index (κ2) is 13.8. The standard InChI is InChI=1S/C28H30N4O5/c1-20(33)26(28(36)31-37)30-27(35)23-13-9-21(10-14-23)7-3-4-8-22-11-15-24(16-12-22)29-25(34)19-32-17-5-2-6-18-32/h9-16,20,26,33,37H,2,5-6,17-19H2,1H3,(H,29,34)(H,30,35)(H,31,36)/t20-,26+/m1/s1. The molecule has 5 N–H and O–H groups in total. The van der Waals surface area contributed by atoms with Crippen molar-refractivity contribution >= 4 is 23.4 Å². The number of aliphatic hydroxyl groups is 1. The lowest BCUT2D eigenvalue weighted by Gasteiger charge is -2.25. The topological polar surface area (TPSA) is 131 Å². The first-order valence-corrected chi connectivity index (χ1v) is 12.0. The van der Waals surface area contributed by atoms with Crippen molar-refractivity contribution in [1.29, 1.82) is 0 Å². The molecule has 1 aliphatic rings. The van der Waals surface area contributed by atoms with Crippen LogP contribution in [0.1, 0.15) is 47.7 Å². The molecule has 0 bridgehead atoms. The largest absolute Gasteiger partial charge is 0.391 e. The fraction of sp³-hybridized carbons (Fsp3) is 0.321. The molecular weight excluding hydrogens is 472 g/mol. The van der Waals surface area contributed by atoms with E-state index in [2.05, 4.69) is 39.2 Å². The molecule has 9 heteroatoms. The van der Waals surface area contributed by atoms with Crippen LogP contribution in [0.15, 0.2) is 48.5 Å². The maximum atomic E-state index is 12.3. The van der Waals surface area contributed by atoms with Crippen molar-refractivity contribution in [2.45, 2.75) is 38.3 Å². The molecule has 0 unspecified atom stereocenters. The van der Waals surface area contributed by atoms with Crippen LogP contribution in [-0.2, 0) is 9.59 Å². The summed E-state index contributed by atoms with van der Waals surface area (Å²) in [6.07, 6.45) is 2.32. The summed E-state index contributed by atoms with van der Waals surface area (Å²) in [7, 11) is 0. The highest BCUT2D eigenvalue weighted by molar-refractivity contribution is 5.97. The van der Waals surface area contributed by atoms with Crippen molar-refractivity contribution in [3.63, 3.8) is 0 Å². The predicted octanol–water partition coefficient (Wildman–Crippen LogP) is 1.50. The summed E-state index contributed by atoms with van der Waals surface area (Å²) in [5.74, 6) is 9.85. The number of carbonyl (C=O) groups excluding carboxylic acids is 3. The van der Waals surface area contributed by atoms with Gasteiger partial charge in [-0.3, -0.25) is 24.5 Å². The number of nitrogens with one attached hydrogen (secondary N) is 3. The zero-order valence-electron chi connectivity index (χ0n) is 20.6. The van der Waals surface area contributed by atoms with Crippen LogP contribution < -0.4 is 16.1 Å². The molecule has 0 aliphatic carbocycles. The Morgan fingerprint density at radius 1 is 0.919 bits per heavy atom. The minimum absolute atomic E-state index is 0.0199. The van der Waals surface area contributed by atoms with Gasteiger partial charge in [0, 0.05) is 22.4 Å². The molecule has 1 saturated heterocycles. The van der Waals surface area contributed by atoms with Crippen molar-refractivity contribution in [2.75, 3.05) is 25.0 Å². The smallest absolute Gasteiger partial charge is 0.268 e. The first kappa shape index (κ1) is 27.4. The molecule has 3 rings (SSSR count). The van der Waals surface area contributed by atoms with E-state index in [9.17, 15) is 19.5 Å². The molecule has 37 heavy (non-hydrogen) atoms. The molecular formula is C28H30N4O5. The van der Waals surface area contributed by atoms with Gasteiger partial charge in [0.25, 0.3) is 11.8 Å². The molecule has 3 amide bonds. The van der Waals surface area contributed by atoms with E-state index in [-0.39, 0.29) is 11.5 Å². The Kier molecular flexibility index (Phi) is 10.2. The Labute approximate surface area is 216 Å². The number of nitrogens with zero attached hydrogens (tertiary/aromatic N) is 1. The minimum Gasteiger partial charge on any atom is -0.391 e. The van der Waals surface area contributed by atoms with Gasteiger partial charge in [-0.15, -0.1) is 0 Å². The van der Waals surface area contributed by atoms with E-state index in [0.29, 0.717) is 12.1 Å². The van der Waals surface area contributed by atoms with Gasteiger partial charge in [0.05, 0.1) is 12.6 Å². The lowest BCUT2D eigenvalue weighted by molar-refractivity contribution is -0.133. The first-order chi connectivity index (χ1) is 17.9. The normalized spacial score (nSPS) is 14.6. The highest BCUT2D eigenvalue weighted by atomic mass is 16.5. The minimum atomic E-state index is -1.29. The number of aliphatic hydroxyl groups excluding tert-OH is 1. The van der Waals surface area contributed by atoms with Gasteiger partial charge in [-0.05, 0) is 93.2 Å². The Morgan fingerprint density at radius 2 is 1.49 bits per heavy atom. The van der Waals surface area contributed by atoms with Gasteiger partial charge in [-0.1, -0.05) is 18.3 Å². The molecule has 1 heterocycles. The Balaban J connectivity index is 1.51. The van der Waals surface area contributed by atoms with E-state index in [4.69, 9.17) is 5.21 Å². The highest BCUT2D eigenvalue weighted by Gasteiger charge is 2.25. The van der Waals surface area contributed by atoms with Gasteiger partial charge >= 0.3 is 0 Å². The van der Waals surface area contributed by atoms with Crippen LogP contribution in [0.2, 0.25) is 0 Å². The van der Waals surface area contributed by atoms with Gasteiger partial charge < -0.3 is 15.7 Å². The van der Waals surface area contributed by atoms with Gasteiger partial charge in [0.2, 0.25) is 5.91 Å². The summed E-state index contributed by atoms with van der Waals surface area (Å²) in [6, 6.07) is 12.3. The fourth-order valence-electron chi connectivity index (χ4n) is 3.77. The third-order valence-corrected chi connectivity index (χ3v) is 5.77. The van der Waals surface area contributed by atoms with Crippen molar-refractivity contribution in [2.24, 2.45) is 0 Å². The summed E-state index contributed by atoms with van der Waals surface area (Å²) < 4.78 is 0. The quantitative estimate of drug-likeness (QED) is 0.222. The van der Waals surface area contributed by atoms with Crippen LogP contribution in [0.3, 0.4) is 0 Å². The van der Waals surface area contributed by atoms with Crippen LogP contribution in [0.4, 0.5) is 5.69 Å². The zero-order valence-corrected chi connectivity index (χ0v) is 20.6. The number of rotatable bonds is 7. The van der Waals surface area contributed by atoms with Gasteiger partial charge in [0.1, 0.15) is 6.04 Å². The fourth-order valence-corrected chi connectivity index (χ4v) is 3.77. The van der Waals surface area contributed by atoms with Gasteiger partial charge in [0.15, 0.2) is 0 Å². The molecule has 2 aromatic carbocycles. The molecule has 0 radical (unpaired) electrons. The molecule has 0 spiro atoms. The number of hydrogen-bond donors (Lipinski definition) is 5. The molecule has 2 aromatic rings. The number of carbonyl (C=O) groups is 3. The van der Waals surface area contributed by atoms with E-state index in [1.54, 1.807) is 12.1 Å². The third kappa shape index (κ3) is 8.78. The molecule has 0 aromatic heterocycles. The number of piperidine rings is 1. The summed E-state index contributed by atoms with van der Waals surface area (Å²) in [6.45, 7) is 3.67. The van der Waals surface area contributed by atoms with Crippen molar-refractivity contribution < 1.29 is 24.7 Å². The molecule has 9 nitrogen and oxygen atoms in total. The Morgan fingerprint density at radius 3 is 2.03 bits per heavy atom. The summed E-state index contributed by atoms with van der Waals surface area (Å²) in [4.78, 5) is 38.3. The van der Waals surface area contributed by atoms with Crippen molar-refractivity contribution in [1.82, 2.24) is 15.7 Å². The van der Waals surface area contributed by atoms with E-state index in [0.717, 1.165) is 37.2 Å². The van der Waals surface area contributed by atoms with E-state index in [1.165, 1.54) is 31.0 Å². The van der Waals surface area contributed by atoms with Crippen LogP contribution >= 0.6 is 0 Å². The Hall–Kier alpha value is -4.15. The number of hydrogen-bond acceptors (Lipinski definition) is 6. The molecule has 0 saturated carbocycles. The predicted molar refractivity (Wildman–Crippen MR) is 138 cm³/mol. The monoisotopic (exact) mass is 502 g/mol. The van der Waals surface area contributed by atoms with E-state index < -0.39 is 24.0 Å². The second-order valence-electron chi connectivity index (χ2n) is 8.71. The van der Waals surface area contributed by atoms with Gasteiger partial charge in [-0.2, -0.15) is 0 Å². The van der Waals surface area contributed by atoms with Crippen LogP contribution in [0, 0.1) is 23.7 Å². The maximum Gasteiger partial charge on any atom is 0.268 e. The van der Waals surface area contributed by atoms with Crippen molar-refractivity contribution in [3.8, 4) is 23.7 Å². The number of amides is 3. The third-order valence-electron chi connectivity index (χ3n) is 5.77. The number of likely N-dealkylation sites (tertiary alicyclic amines) is 1. The zero-order chi connectivity index (χ0) is 26.6. The van der Waals surface area contributed by atoms with Crippen molar-refractivity contribution in [3.05, 3.63) is 65.2 Å². The average molecular weight is 503 g/mol. The highest BCUT2D eigenvalue weighted by Crippen LogP contribution is 2.11. The van der Waals surface area contributed by atoms with Crippen LogP contribution in [0.25, 0.3) is 0 Å². The molecule has 1 fully saturated rings. The average Bonchev–Trinajstić information content (AvgIpc) is 2.90. The second-order valence-corrected chi connectivity index (χ2v) is 8.71. The van der Waals surface area contributed by atoms with Crippen LogP contribution in [0.5, 0.6) is 0 Å². The SMILES string of the molecule is C[C@@H](O)[C@H](NC(=O)c1ccc(C#CC#Cc2ccc(NC(=O)CN3CCCCC3)cc2)cc1)C(=O)NO. The molecule has 192 valence electrons. The Bertz CT molecular complexity index is 1210. The maximum absolute atomic E-state index is 12.3. The number of benzene rings is 2. The number of anilines is 1. The lowest BCUT2D eigenvalue weighted by Crippen LogP contribution is -2.51. The van der Waals surface area contributed by atoms with E-state index in [1.807, 2.05) is 24.3 Å². The summed E-state index contributed by atoms with van der Waals surface area (Å²) >= 11 is 0. The van der Waals surface area contributed by atoms with Crippen LogP contribution in [-0.4, -0.2) is 64.7 Å². The van der Waals surface area contributed by atoms with Gasteiger partial charge in [-0.25, -0.2) is 5.48 Å².